The van der Waals surface area contributed by atoms with Crippen molar-refractivity contribution >= 4 is 6.09 Å². The smallest absolute Gasteiger partial charge is 0.410 e. The van der Waals surface area contributed by atoms with Gasteiger partial charge in [-0.3, -0.25) is 4.90 Å². The van der Waals surface area contributed by atoms with Gasteiger partial charge in [0.15, 0.2) is 0 Å². The Kier molecular flexibility index (Phi) is 2.18. The van der Waals surface area contributed by atoms with Crippen molar-refractivity contribution in [3.63, 3.8) is 0 Å². The minimum absolute atomic E-state index is 0.193. The number of morpholine rings is 1. The van der Waals surface area contributed by atoms with Crippen molar-refractivity contribution < 1.29 is 14.3 Å². The van der Waals surface area contributed by atoms with E-state index < -0.39 is 5.60 Å². The molecule has 80 valence electrons. The SMILES string of the molecule is CC(C)(C)OC(=O)N1[C@H]2COC[C@H]1C2. The molecule has 3 heterocycles. The average molecular weight is 199 g/mol. The topological polar surface area (TPSA) is 38.8 Å². The van der Waals surface area contributed by atoms with E-state index in [0.29, 0.717) is 13.2 Å². The normalized spacial score (nSPS) is 30.9. The predicted octanol–water partition coefficient (Wildman–Crippen LogP) is 1.39. The van der Waals surface area contributed by atoms with Crippen LogP contribution in [0.5, 0.6) is 0 Å². The highest BCUT2D eigenvalue weighted by atomic mass is 16.6. The third kappa shape index (κ3) is 1.71. The van der Waals surface area contributed by atoms with Gasteiger partial charge in [-0.2, -0.15) is 0 Å². The van der Waals surface area contributed by atoms with E-state index >= 15 is 0 Å². The Balaban J connectivity index is 1.93. The molecule has 3 saturated heterocycles. The van der Waals surface area contributed by atoms with E-state index in [1.807, 2.05) is 25.7 Å². The van der Waals surface area contributed by atoms with E-state index in [9.17, 15) is 4.79 Å². The molecule has 1 amide bonds. The van der Waals surface area contributed by atoms with Gasteiger partial charge in [0.05, 0.1) is 25.3 Å². The van der Waals surface area contributed by atoms with Crippen molar-refractivity contribution in [3.8, 4) is 0 Å². The van der Waals surface area contributed by atoms with Gasteiger partial charge in [-0.25, -0.2) is 4.79 Å². The van der Waals surface area contributed by atoms with Gasteiger partial charge < -0.3 is 9.47 Å². The van der Waals surface area contributed by atoms with Crippen LogP contribution < -0.4 is 0 Å². The molecule has 0 saturated carbocycles. The first-order valence-electron chi connectivity index (χ1n) is 5.06. The second-order valence-electron chi connectivity index (χ2n) is 4.97. The van der Waals surface area contributed by atoms with Gasteiger partial charge in [-0.1, -0.05) is 0 Å². The largest absolute Gasteiger partial charge is 0.444 e. The van der Waals surface area contributed by atoms with Crippen molar-refractivity contribution in [2.24, 2.45) is 0 Å². The highest BCUT2D eigenvalue weighted by Crippen LogP contribution is 2.32. The summed E-state index contributed by atoms with van der Waals surface area (Å²) in [6, 6.07) is 0.507. The lowest BCUT2D eigenvalue weighted by Gasteiger charge is -2.51. The molecule has 3 fully saturated rings. The molecule has 0 spiro atoms. The molecule has 2 bridgehead atoms. The molecule has 3 rings (SSSR count). The van der Waals surface area contributed by atoms with E-state index in [-0.39, 0.29) is 18.2 Å². The molecule has 0 aliphatic carbocycles. The Bertz CT molecular complexity index is 232. The maximum absolute atomic E-state index is 11.7. The molecule has 0 radical (unpaired) electrons. The van der Waals surface area contributed by atoms with E-state index in [0.717, 1.165) is 6.42 Å². The van der Waals surface area contributed by atoms with Gasteiger partial charge in [-0.05, 0) is 27.2 Å². The van der Waals surface area contributed by atoms with Crippen molar-refractivity contribution in [1.82, 2.24) is 4.90 Å². The van der Waals surface area contributed by atoms with Crippen LogP contribution in [0.3, 0.4) is 0 Å². The van der Waals surface area contributed by atoms with Gasteiger partial charge in [0, 0.05) is 0 Å². The Morgan fingerprint density at radius 3 is 2.36 bits per heavy atom. The fourth-order valence-electron chi connectivity index (χ4n) is 1.95. The first kappa shape index (κ1) is 9.77. The molecule has 2 atom stereocenters. The molecule has 4 nitrogen and oxygen atoms in total. The molecule has 0 aromatic heterocycles. The van der Waals surface area contributed by atoms with Crippen LogP contribution in [0.25, 0.3) is 0 Å². The summed E-state index contributed by atoms with van der Waals surface area (Å²) in [5.41, 5.74) is -0.401. The minimum atomic E-state index is -0.401. The van der Waals surface area contributed by atoms with E-state index in [1.165, 1.54) is 0 Å². The van der Waals surface area contributed by atoms with Crippen LogP contribution in [0.15, 0.2) is 0 Å². The second kappa shape index (κ2) is 3.12. The van der Waals surface area contributed by atoms with Crippen LogP contribution in [0.4, 0.5) is 4.79 Å². The van der Waals surface area contributed by atoms with Gasteiger partial charge in [0.1, 0.15) is 5.60 Å². The number of ether oxygens (including phenoxy) is 2. The fraction of sp³-hybridized carbons (Fsp3) is 0.900. The third-order valence-corrected chi connectivity index (χ3v) is 2.56. The van der Waals surface area contributed by atoms with Crippen LogP contribution in [-0.4, -0.2) is 41.9 Å². The number of fused-ring (bicyclic) bond motifs is 2. The standard InChI is InChI=1S/C10H17NO3/c1-10(2,3)14-9(12)11-7-4-8(11)6-13-5-7/h7-8H,4-6H2,1-3H3/t7-,8-/m1/s1. The van der Waals surface area contributed by atoms with E-state index in [4.69, 9.17) is 9.47 Å². The third-order valence-electron chi connectivity index (χ3n) is 2.56. The highest BCUT2D eigenvalue weighted by Gasteiger charge is 2.46. The predicted molar refractivity (Wildman–Crippen MR) is 51.1 cm³/mol. The van der Waals surface area contributed by atoms with E-state index in [2.05, 4.69) is 0 Å². The summed E-state index contributed by atoms with van der Waals surface area (Å²) in [5.74, 6) is 0. The first-order chi connectivity index (χ1) is 6.47. The van der Waals surface area contributed by atoms with Crippen LogP contribution in [0.1, 0.15) is 27.2 Å². The number of rotatable bonds is 0. The van der Waals surface area contributed by atoms with Gasteiger partial charge >= 0.3 is 6.09 Å². The summed E-state index contributed by atoms with van der Waals surface area (Å²) in [6.07, 6.45) is 0.876. The molecule has 4 heteroatoms. The molecule has 0 aromatic rings. The Morgan fingerprint density at radius 1 is 1.36 bits per heavy atom. The van der Waals surface area contributed by atoms with Crippen molar-refractivity contribution in [2.45, 2.75) is 44.9 Å². The van der Waals surface area contributed by atoms with Crippen LogP contribution in [0, 0.1) is 0 Å². The number of nitrogens with zero attached hydrogens (tertiary/aromatic N) is 1. The van der Waals surface area contributed by atoms with Crippen LogP contribution in [0.2, 0.25) is 0 Å². The number of carbonyl (C=O) groups is 1. The Hall–Kier alpha value is -0.770. The number of carbonyl (C=O) groups excluding carboxylic acids is 1. The Morgan fingerprint density at radius 2 is 1.93 bits per heavy atom. The fourth-order valence-corrected chi connectivity index (χ4v) is 1.95. The Labute approximate surface area is 84.2 Å². The summed E-state index contributed by atoms with van der Waals surface area (Å²) < 4.78 is 10.6. The zero-order valence-electron chi connectivity index (χ0n) is 8.95. The summed E-state index contributed by atoms with van der Waals surface area (Å²) in [6.45, 7) is 6.98. The van der Waals surface area contributed by atoms with Gasteiger partial charge in [-0.15, -0.1) is 0 Å². The summed E-state index contributed by atoms with van der Waals surface area (Å²) in [7, 11) is 0. The molecule has 3 aliphatic rings. The molecular weight excluding hydrogens is 182 g/mol. The lowest BCUT2D eigenvalue weighted by Crippen LogP contribution is -2.66. The number of amides is 1. The molecular formula is C10H17NO3. The average Bonchev–Trinajstić information content (AvgIpc) is 2.01. The van der Waals surface area contributed by atoms with Gasteiger partial charge in [0.25, 0.3) is 0 Å². The number of hydrogen-bond donors (Lipinski definition) is 0. The summed E-state index contributed by atoms with van der Waals surface area (Å²) in [4.78, 5) is 13.5. The second-order valence-corrected chi connectivity index (χ2v) is 4.97. The lowest BCUT2D eigenvalue weighted by atomic mass is 9.92. The minimum Gasteiger partial charge on any atom is -0.444 e. The molecule has 14 heavy (non-hydrogen) atoms. The van der Waals surface area contributed by atoms with Crippen LogP contribution in [-0.2, 0) is 9.47 Å². The first-order valence-corrected chi connectivity index (χ1v) is 5.06. The number of hydrogen-bond acceptors (Lipinski definition) is 3. The summed E-state index contributed by atoms with van der Waals surface area (Å²) in [5, 5.41) is 0. The molecule has 0 N–H and O–H groups in total. The molecule has 3 aliphatic heterocycles. The van der Waals surface area contributed by atoms with Gasteiger partial charge in [0.2, 0.25) is 0 Å². The maximum atomic E-state index is 11.7. The maximum Gasteiger partial charge on any atom is 0.410 e. The zero-order valence-corrected chi connectivity index (χ0v) is 8.95. The monoisotopic (exact) mass is 199 g/mol. The van der Waals surface area contributed by atoms with E-state index in [1.54, 1.807) is 0 Å². The quantitative estimate of drug-likeness (QED) is 0.592. The molecule has 0 unspecified atom stereocenters. The van der Waals surface area contributed by atoms with Crippen molar-refractivity contribution in [2.75, 3.05) is 13.2 Å². The summed E-state index contributed by atoms with van der Waals surface area (Å²) >= 11 is 0. The van der Waals surface area contributed by atoms with Crippen LogP contribution >= 0.6 is 0 Å². The zero-order chi connectivity index (χ0) is 10.3. The van der Waals surface area contributed by atoms with Crippen molar-refractivity contribution in [1.29, 1.82) is 0 Å². The van der Waals surface area contributed by atoms with Crippen molar-refractivity contribution in [3.05, 3.63) is 0 Å². The molecule has 0 aromatic carbocycles. The highest BCUT2D eigenvalue weighted by molar-refractivity contribution is 5.70. The lowest BCUT2D eigenvalue weighted by molar-refractivity contribution is -0.122.